The second kappa shape index (κ2) is 3.75. The topological polar surface area (TPSA) is 43.1 Å². The van der Waals surface area contributed by atoms with Gasteiger partial charge in [-0.3, -0.25) is 9.56 Å². The number of hydrogen-bond acceptors (Lipinski definition) is 4. The molecule has 0 saturated carbocycles. The van der Waals surface area contributed by atoms with Gasteiger partial charge in [-0.15, -0.1) is 21.5 Å². The van der Waals surface area contributed by atoms with E-state index >= 15 is 0 Å². The minimum absolute atomic E-state index is 0.0607. The van der Waals surface area contributed by atoms with Crippen molar-refractivity contribution in [3.05, 3.63) is 27.7 Å². The highest BCUT2D eigenvalue weighted by atomic mass is 32.1. The molecule has 0 bridgehead atoms. The Hall–Kier alpha value is -1.49. The van der Waals surface area contributed by atoms with Gasteiger partial charge in [0.1, 0.15) is 16.9 Å². The van der Waals surface area contributed by atoms with Crippen LogP contribution in [0.1, 0.15) is 47.5 Å². The Bertz CT molecular complexity index is 663. The molecule has 0 fully saturated rings. The van der Waals surface area contributed by atoms with E-state index in [1.165, 1.54) is 21.0 Å². The molecule has 0 aliphatic carbocycles. The molecule has 18 heavy (non-hydrogen) atoms. The average Bonchev–Trinajstić information content (AvgIpc) is 2.77. The van der Waals surface area contributed by atoms with E-state index in [1.54, 1.807) is 11.3 Å². The van der Waals surface area contributed by atoms with Crippen molar-refractivity contribution in [3.63, 3.8) is 0 Å². The lowest BCUT2D eigenvalue weighted by Gasteiger charge is -2.06. The van der Waals surface area contributed by atoms with Crippen molar-refractivity contribution >= 4 is 17.0 Å². The minimum Gasteiger partial charge on any atom is -0.278 e. The van der Waals surface area contributed by atoms with Crippen LogP contribution < -0.4 is 0 Å². The highest BCUT2D eigenvalue weighted by Gasteiger charge is 2.26. The fourth-order valence-electron chi connectivity index (χ4n) is 2.51. The first-order chi connectivity index (χ1) is 8.50. The van der Waals surface area contributed by atoms with Crippen LogP contribution in [0.5, 0.6) is 0 Å². The van der Waals surface area contributed by atoms with E-state index in [4.69, 9.17) is 4.99 Å². The lowest BCUT2D eigenvalue weighted by Crippen LogP contribution is -2.03. The van der Waals surface area contributed by atoms with E-state index in [0.717, 1.165) is 17.4 Å². The molecule has 0 saturated heterocycles. The summed E-state index contributed by atoms with van der Waals surface area (Å²) in [4.78, 5) is 6.08. The quantitative estimate of drug-likeness (QED) is 0.730. The maximum atomic E-state index is 4.75. The summed E-state index contributed by atoms with van der Waals surface area (Å²) in [6.45, 7) is 10.5. The van der Waals surface area contributed by atoms with Crippen LogP contribution in [0.2, 0.25) is 0 Å². The summed E-state index contributed by atoms with van der Waals surface area (Å²) in [7, 11) is 0. The predicted octanol–water partition coefficient (Wildman–Crippen LogP) is 3.14. The molecule has 94 valence electrons. The Labute approximate surface area is 110 Å². The lowest BCUT2D eigenvalue weighted by molar-refractivity contribution is 0.723. The first kappa shape index (κ1) is 11.6. The van der Waals surface area contributed by atoms with E-state index < -0.39 is 0 Å². The van der Waals surface area contributed by atoms with E-state index in [-0.39, 0.29) is 6.04 Å². The van der Waals surface area contributed by atoms with Gasteiger partial charge in [0.05, 0.1) is 0 Å². The number of hydrogen-bond donors (Lipinski definition) is 0. The number of aromatic nitrogens is 3. The monoisotopic (exact) mass is 260 g/mol. The molecule has 0 N–H and O–H groups in total. The average molecular weight is 260 g/mol. The molecule has 0 radical (unpaired) electrons. The molecule has 3 rings (SSSR count). The Balaban J connectivity index is 2.42. The van der Waals surface area contributed by atoms with Crippen LogP contribution in [-0.2, 0) is 0 Å². The van der Waals surface area contributed by atoms with Gasteiger partial charge in [-0.05, 0) is 40.2 Å². The smallest absolute Gasteiger partial charge is 0.162 e. The highest BCUT2D eigenvalue weighted by molar-refractivity contribution is 7.15. The Morgan fingerprint density at radius 2 is 1.83 bits per heavy atom. The van der Waals surface area contributed by atoms with Crippen molar-refractivity contribution < 1.29 is 0 Å². The molecular weight excluding hydrogens is 244 g/mol. The molecule has 0 aromatic carbocycles. The number of rotatable bonds is 0. The Morgan fingerprint density at radius 3 is 2.56 bits per heavy atom. The van der Waals surface area contributed by atoms with Crippen molar-refractivity contribution in [1.29, 1.82) is 0 Å². The maximum absolute atomic E-state index is 4.75. The van der Waals surface area contributed by atoms with Crippen LogP contribution in [0.25, 0.3) is 5.00 Å². The summed E-state index contributed by atoms with van der Waals surface area (Å²) in [5.41, 5.74) is 3.68. The van der Waals surface area contributed by atoms with Crippen LogP contribution in [0, 0.1) is 20.8 Å². The zero-order valence-corrected chi connectivity index (χ0v) is 12.1. The van der Waals surface area contributed by atoms with Crippen LogP contribution in [-0.4, -0.2) is 20.5 Å². The number of aryl methyl sites for hydroxylation is 2. The molecular formula is C13H16N4S. The van der Waals surface area contributed by atoms with Gasteiger partial charge in [-0.2, -0.15) is 0 Å². The minimum atomic E-state index is 0.0607. The predicted molar refractivity (Wildman–Crippen MR) is 74.1 cm³/mol. The molecule has 5 heteroatoms. The number of thiophene rings is 1. The van der Waals surface area contributed by atoms with Crippen LogP contribution >= 0.6 is 11.3 Å². The van der Waals surface area contributed by atoms with Crippen molar-refractivity contribution in [2.24, 2.45) is 4.99 Å². The van der Waals surface area contributed by atoms with E-state index in [2.05, 4.69) is 42.5 Å². The van der Waals surface area contributed by atoms with Gasteiger partial charge in [0.25, 0.3) is 0 Å². The van der Waals surface area contributed by atoms with Crippen molar-refractivity contribution in [1.82, 2.24) is 14.8 Å². The third-order valence-electron chi connectivity index (χ3n) is 3.54. The molecule has 1 aliphatic heterocycles. The second-order valence-corrected chi connectivity index (χ2v) is 6.00. The van der Waals surface area contributed by atoms with Gasteiger partial charge in [0.2, 0.25) is 0 Å². The summed E-state index contributed by atoms with van der Waals surface area (Å²) in [6, 6.07) is 0.0607. The van der Waals surface area contributed by atoms with E-state index in [9.17, 15) is 0 Å². The molecule has 2 aromatic heterocycles. The summed E-state index contributed by atoms with van der Waals surface area (Å²) < 4.78 is 2.16. The summed E-state index contributed by atoms with van der Waals surface area (Å²) >= 11 is 1.80. The van der Waals surface area contributed by atoms with Crippen molar-refractivity contribution in [3.8, 4) is 5.00 Å². The van der Waals surface area contributed by atoms with Crippen LogP contribution in [0.3, 0.4) is 0 Å². The van der Waals surface area contributed by atoms with E-state index in [0.29, 0.717) is 0 Å². The van der Waals surface area contributed by atoms with Gasteiger partial charge in [0.15, 0.2) is 5.82 Å². The summed E-state index contributed by atoms with van der Waals surface area (Å²) in [6.07, 6.45) is 0. The second-order valence-electron chi connectivity index (χ2n) is 4.79. The fraction of sp³-hybridized carbons (Fsp3) is 0.462. The lowest BCUT2D eigenvalue weighted by atomic mass is 10.1. The summed E-state index contributed by atoms with van der Waals surface area (Å²) in [5, 5.41) is 9.70. The standard InChI is InChI=1S/C13H16N4S/c1-6-9(4)18-13-11(6)7(2)14-8(3)12-16-15-10(5)17(12)13/h8H,1-5H3/t8-/m0/s1. The summed E-state index contributed by atoms with van der Waals surface area (Å²) in [5.74, 6) is 1.87. The first-order valence-corrected chi connectivity index (χ1v) is 6.89. The van der Waals surface area contributed by atoms with Crippen LogP contribution in [0.4, 0.5) is 0 Å². The number of aliphatic imine (C=N–C) groups is 1. The van der Waals surface area contributed by atoms with Crippen molar-refractivity contribution in [2.45, 2.75) is 40.7 Å². The third-order valence-corrected chi connectivity index (χ3v) is 4.73. The normalized spacial score (nSPS) is 18.1. The number of fused-ring (bicyclic) bond motifs is 3. The van der Waals surface area contributed by atoms with Gasteiger partial charge >= 0.3 is 0 Å². The van der Waals surface area contributed by atoms with Crippen LogP contribution in [0.15, 0.2) is 4.99 Å². The van der Waals surface area contributed by atoms with Gasteiger partial charge in [0, 0.05) is 16.2 Å². The third kappa shape index (κ3) is 1.40. The van der Waals surface area contributed by atoms with Gasteiger partial charge in [-0.1, -0.05) is 0 Å². The first-order valence-electron chi connectivity index (χ1n) is 6.07. The molecule has 0 spiro atoms. The Kier molecular flexibility index (Phi) is 2.41. The molecule has 2 aromatic rings. The van der Waals surface area contributed by atoms with Crippen molar-refractivity contribution in [2.75, 3.05) is 0 Å². The highest BCUT2D eigenvalue weighted by Crippen LogP contribution is 2.36. The van der Waals surface area contributed by atoms with Gasteiger partial charge in [-0.25, -0.2) is 0 Å². The molecule has 1 aliphatic rings. The molecule has 0 amide bonds. The van der Waals surface area contributed by atoms with Gasteiger partial charge < -0.3 is 0 Å². The maximum Gasteiger partial charge on any atom is 0.162 e. The Morgan fingerprint density at radius 1 is 1.11 bits per heavy atom. The molecule has 0 unspecified atom stereocenters. The molecule has 4 nitrogen and oxygen atoms in total. The molecule has 3 heterocycles. The fourth-order valence-corrected chi connectivity index (χ4v) is 3.77. The zero-order valence-electron chi connectivity index (χ0n) is 11.3. The zero-order chi connectivity index (χ0) is 13.0. The number of nitrogens with zero attached hydrogens (tertiary/aromatic N) is 4. The SMILES string of the molecule is CC1=N[C@@H](C)c2nnc(C)n2-c2sc(C)c(C)c21. The van der Waals surface area contributed by atoms with E-state index in [1.807, 2.05) is 6.92 Å². The largest absolute Gasteiger partial charge is 0.278 e. The molecule has 1 atom stereocenters.